The van der Waals surface area contributed by atoms with Gasteiger partial charge in [-0.3, -0.25) is 4.55 Å². The maximum atomic E-state index is 10.1. The minimum absolute atomic E-state index is 0.497. The van der Waals surface area contributed by atoms with Crippen molar-refractivity contribution in [3.8, 4) is 0 Å². The van der Waals surface area contributed by atoms with E-state index in [0.29, 0.717) is 12.8 Å². The fourth-order valence-electron chi connectivity index (χ4n) is 0.608. The van der Waals surface area contributed by atoms with Crippen molar-refractivity contribution in [1.82, 2.24) is 0 Å². The van der Waals surface area contributed by atoms with E-state index in [2.05, 4.69) is 10.8 Å². The van der Waals surface area contributed by atoms with Crippen molar-refractivity contribution in [3.63, 3.8) is 0 Å². The summed E-state index contributed by atoms with van der Waals surface area (Å²) < 4.78 is 32.7. The molecule has 0 spiro atoms. The van der Waals surface area contributed by atoms with Gasteiger partial charge in [0.15, 0.2) is 0 Å². The summed E-state index contributed by atoms with van der Waals surface area (Å²) in [6, 6.07) is 0. The molecule has 5 heteroatoms. The average molecular weight is 180 g/mol. The van der Waals surface area contributed by atoms with Crippen LogP contribution in [0.3, 0.4) is 0 Å². The number of hydrogen-bond acceptors (Lipinski definition) is 3. The summed E-state index contributed by atoms with van der Waals surface area (Å²) >= 11 is 0. The van der Waals surface area contributed by atoms with Crippen LogP contribution in [0, 0.1) is 0 Å². The fraction of sp³-hybridized carbons (Fsp3) is 0.667. The minimum atomic E-state index is -4.29. The van der Waals surface area contributed by atoms with Gasteiger partial charge in [0.05, 0.1) is 6.10 Å². The molecule has 0 aliphatic heterocycles. The van der Waals surface area contributed by atoms with Crippen molar-refractivity contribution in [3.05, 3.63) is 12.7 Å². The van der Waals surface area contributed by atoms with Crippen molar-refractivity contribution >= 4 is 10.4 Å². The van der Waals surface area contributed by atoms with Crippen LogP contribution in [-0.2, 0) is 14.6 Å². The highest BCUT2D eigenvalue weighted by molar-refractivity contribution is 7.80. The summed E-state index contributed by atoms with van der Waals surface area (Å²) in [5, 5.41) is 0. The SMILES string of the molecule is C=CCC[C@@H](C)OS(=O)(=O)O. The molecule has 0 aromatic carbocycles. The van der Waals surface area contributed by atoms with Crippen LogP contribution in [0.5, 0.6) is 0 Å². The average Bonchev–Trinajstić information content (AvgIpc) is 1.79. The topological polar surface area (TPSA) is 63.6 Å². The smallest absolute Gasteiger partial charge is 0.264 e. The second-order valence-corrected chi connectivity index (χ2v) is 3.25. The van der Waals surface area contributed by atoms with Crippen LogP contribution in [0.25, 0.3) is 0 Å². The Labute approximate surface area is 66.8 Å². The molecule has 1 N–H and O–H groups in total. The molecule has 0 saturated carbocycles. The Bertz CT molecular complexity index is 207. The molecule has 0 bridgehead atoms. The lowest BCUT2D eigenvalue weighted by Crippen LogP contribution is -2.13. The zero-order valence-corrected chi connectivity index (χ0v) is 7.17. The lowest BCUT2D eigenvalue weighted by molar-refractivity contribution is 0.190. The van der Waals surface area contributed by atoms with Crippen LogP contribution in [-0.4, -0.2) is 19.1 Å². The predicted molar refractivity (Wildman–Crippen MR) is 41.5 cm³/mol. The Hall–Kier alpha value is -0.390. The van der Waals surface area contributed by atoms with Gasteiger partial charge in [0.1, 0.15) is 0 Å². The van der Waals surface area contributed by atoms with E-state index < -0.39 is 16.5 Å². The summed E-state index contributed by atoms with van der Waals surface area (Å²) in [6.45, 7) is 5.03. The molecule has 0 rings (SSSR count). The van der Waals surface area contributed by atoms with Gasteiger partial charge in [0.25, 0.3) is 0 Å². The number of allylic oxidation sites excluding steroid dienone is 1. The van der Waals surface area contributed by atoms with Gasteiger partial charge in [-0.1, -0.05) is 6.08 Å². The van der Waals surface area contributed by atoms with Crippen LogP contribution < -0.4 is 0 Å². The highest BCUT2D eigenvalue weighted by Gasteiger charge is 2.10. The first-order chi connectivity index (χ1) is 4.95. The maximum absolute atomic E-state index is 10.1. The molecule has 0 aromatic heterocycles. The van der Waals surface area contributed by atoms with Crippen LogP contribution in [0.1, 0.15) is 19.8 Å². The van der Waals surface area contributed by atoms with Gasteiger partial charge in [-0.25, -0.2) is 4.18 Å². The van der Waals surface area contributed by atoms with E-state index >= 15 is 0 Å². The normalized spacial score (nSPS) is 14.4. The highest BCUT2D eigenvalue weighted by Crippen LogP contribution is 2.04. The van der Waals surface area contributed by atoms with Crippen LogP contribution in [0.15, 0.2) is 12.7 Å². The number of rotatable bonds is 5. The van der Waals surface area contributed by atoms with E-state index in [0.717, 1.165) is 0 Å². The van der Waals surface area contributed by atoms with Gasteiger partial charge in [0, 0.05) is 0 Å². The molecule has 0 unspecified atom stereocenters. The van der Waals surface area contributed by atoms with E-state index in [1.807, 2.05) is 0 Å². The standard InChI is InChI=1S/C6H12O4S/c1-3-4-5-6(2)10-11(7,8)9/h3,6H,1,4-5H2,2H3,(H,7,8,9)/t6-/m1/s1. The lowest BCUT2D eigenvalue weighted by Gasteiger charge is -2.06. The Morgan fingerprint density at radius 1 is 1.73 bits per heavy atom. The van der Waals surface area contributed by atoms with Gasteiger partial charge in [-0.2, -0.15) is 8.42 Å². The summed E-state index contributed by atoms with van der Waals surface area (Å²) in [5.74, 6) is 0. The zero-order valence-electron chi connectivity index (χ0n) is 6.36. The molecule has 11 heavy (non-hydrogen) atoms. The Morgan fingerprint density at radius 2 is 2.27 bits per heavy atom. The van der Waals surface area contributed by atoms with Crippen molar-refractivity contribution < 1.29 is 17.2 Å². The molecule has 0 aromatic rings. The lowest BCUT2D eigenvalue weighted by atomic mass is 10.2. The molecular weight excluding hydrogens is 168 g/mol. The maximum Gasteiger partial charge on any atom is 0.397 e. The first-order valence-electron chi connectivity index (χ1n) is 3.22. The molecule has 0 heterocycles. The largest absolute Gasteiger partial charge is 0.397 e. The first kappa shape index (κ1) is 10.6. The van der Waals surface area contributed by atoms with E-state index in [9.17, 15) is 8.42 Å². The summed E-state index contributed by atoms with van der Waals surface area (Å²) in [5.41, 5.74) is 0. The van der Waals surface area contributed by atoms with E-state index in [-0.39, 0.29) is 0 Å². The second-order valence-electron chi connectivity index (χ2n) is 2.20. The van der Waals surface area contributed by atoms with E-state index in [4.69, 9.17) is 4.55 Å². The van der Waals surface area contributed by atoms with E-state index in [1.54, 1.807) is 13.0 Å². The third-order valence-electron chi connectivity index (χ3n) is 1.06. The Balaban J connectivity index is 3.69. The third-order valence-corrected chi connectivity index (χ3v) is 1.63. The summed E-state index contributed by atoms with van der Waals surface area (Å²) in [4.78, 5) is 0. The fourth-order valence-corrected chi connectivity index (χ4v) is 1.12. The molecule has 1 atom stereocenters. The van der Waals surface area contributed by atoms with Crippen LogP contribution in [0.4, 0.5) is 0 Å². The van der Waals surface area contributed by atoms with Crippen molar-refractivity contribution in [2.24, 2.45) is 0 Å². The summed E-state index contributed by atoms with van der Waals surface area (Å²) in [7, 11) is -4.29. The molecule has 4 nitrogen and oxygen atoms in total. The van der Waals surface area contributed by atoms with Gasteiger partial charge in [-0.15, -0.1) is 6.58 Å². The molecular formula is C6H12O4S. The zero-order chi connectivity index (χ0) is 8.91. The van der Waals surface area contributed by atoms with Gasteiger partial charge in [-0.05, 0) is 19.8 Å². The highest BCUT2D eigenvalue weighted by atomic mass is 32.3. The van der Waals surface area contributed by atoms with Crippen molar-refractivity contribution in [2.75, 3.05) is 0 Å². The predicted octanol–water partition coefficient (Wildman–Crippen LogP) is 1.16. The minimum Gasteiger partial charge on any atom is -0.264 e. The van der Waals surface area contributed by atoms with Gasteiger partial charge in [0.2, 0.25) is 0 Å². The molecule has 66 valence electrons. The Kier molecular flexibility index (Phi) is 4.32. The molecule has 0 aliphatic carbocycles. The monoisotopic (exact) mass is 180 g/mol. The van der Waals surface area contributed by atoms with Crippen LogP contribution in [0.2, 0.25) is 0 Å². The van der Waals surface area contributed by atoms with Crippen molar-refractivity contribution in [2.45, 2.75) is 25.9 Å². The van der Waals surface area contributed by atoms with Gasteiger partial charge >= 0.3 is 10.4 Å². The number of hydrogen-bond donors (Lipinski definition) is 1. The second kappa shape index (κ2) is 4.48. The molecule has 0 aliphatic rings. The molecule has 0 radical (unpaired) electrons. The van der Waals surface area contributed by atoms with E-state index in [1.165, 1.54) is 0 Å². The van der Waals surface area contributed by atoms with Crippen LogP contribution >= 0.6 is 0 Å². The molecule has 0 fully saturated rings. The summed E-state index contributed by atoms with van der Waals surface area (Å²) in [6.07, 6.45) is 2.35. The molecule has 0 saturated heterocycles. The quantitative estimate of drug-likeness (QED) is 0.509. The van der Waals surface area contributed by atoms with Crippen molar-refractivity contribution in [1.29, 1.82) is 0 Å². The molecule has 0 amide bonds. The Morgan fingerprint density at radius 3 is 2.64 bits per heavy atom. The first-order valence-corrected chi connectivity index (χ1v) is 4.59. The van der Waals surface area contributed by atoms with Gasteiger partial charge < -0.3 is 0 Å². The third kappa shape index (κ3) is 7.51.